The fraction of sp³-hybridized carbons (Fsp3) is 0.172. The van der Waals surface area contributed by atoms with E-state index in [2.05, 4.69) is 182 Å². The summed E-state index contributed by atoms with van der Waals surface area (Å²) in [5.74, 6) is 3.38. The van der Waals surface area contributed by atoms with E-state index in [9.17, 15) is 0 Å². The number of hydrogen-bond donors (Lipinski definition) is 0. The Balaban J connectivity index is 0.992. The van der Waals surface area contributed by atoms with Crippen molar-refractivity contribution in [2.45, 2.75) is 37.5 Å². The lowest BCUT2D eigenvalue weighted by molar-refractivity contribution is -0.0399. The van der Waals surface area contributed by atoms with Crippen LogP contribution >= 0.6 is 0 Å². The molecule has 0 N–H and O–H groups in total. The fourth-order valence-electron chi connectivity index (χ4n) is 13.3. The molecule has 0 heterocycles. The first-order valence-electron chi connectivity index (χ1n) is 21.6. The molecule has 1 spiro atoms. The third kappa shape index (κ3) is 4.52. The highest BCUT2D eigenvalue weighted by atomic mass is 14.6. The number of benzene rings is 9. The Morgan fingerprint density at radius 3 is 1.40 bits per heavy atom. The summed E-state index contributed by atoms with van der Waals surface area (Å²) in [4.78, 5) is 0. The van der Waals surface area contributed by atoms with Crippen molar-refractivity contribution in [3.63, 3.8) is 0 Å². The summed E-state index contributed by atoms with van der Waals surface area (Å²) in [6, 6.07) is 69.1. The number of rotatable bonds is 4. The van der Waals surface area contributed by atoms with E-state index in [0.717, 1.165) is 23.7 Å². The van der Waals surface area contributed by atoms with Crippen molar-refractivity contribution in [2.75, 3.05) is 0 Å². The Hall–Kier alpha value is -6.24. The van der Waals surface area contributed by atoms with Crippen LogP contribution in [0, 0.1) is 23.7 Å². The Morgan fingerprint density at radius 2 is 0.741 bits per heavy atom. The second-order valence-corrected chi connectivity index (χ2v) is 18.0. The van der Waals surface area contributed by atoms with Crippen LogP contribution in [0.25, 0.3) is 88.0 Å². The van der Waals surface area contributed by atoms with Crippen LogP contribution in [0.4, 0.5) is 0 Å². The van der Waals surface area contributed by atoms with Gasteiger partial charge in [-0.2, -0.15) is 0 Å². The van der Waals surface area contributed by atoms with E-state index in [4.69, 9.17) is 0 Å². The molecule has 0 aromatic heterocycles. The second-order valence-electron chi connectivity index (χ2n) is 18.0. The molecule has 0 saturated heterocycles. The van der Waals surface area contributed by atoms with Gasteiger partial charge in [-0.05, 0) is 161 Å². The van der Waals surface area contributed by atoms with Crippen molar-refractivity contribution < 1.29 is 0 Å². The SMILES string of the molecule is c1ccc(-c2ccc(-c3c4ccccc4c(-c4ccc(-c5ccc6c(c5)C5(c7ccccc7-6)C6CC7CC(C6)CC5C7)c5ccccc45)c4ccccc34)cc2)cc1. The lowest BCUT2D eigenvalue weighted by Gasteiger charge is -2.61. The van der Waals surface area contributed by atoms with Gasteiger partial charge in [-0.3, -0.25) is 0 Å². The van der Waals surface area contributed by atoms with Crippen LogP contribution in [0.1, 0.15) is 43.2 Å². The van der Waals surface area contributed by atoms with Crippen LogP contribution < -0.4 is 0 Å². The minimum atomic E-state index is 0.159. The molecule has 0 atom stereocenters. The minimum absolute atomic E-state index is 0.159. The summed E-state index contributed by atoms with van der Waals surface area (Å²) in [6.07, 6.45) is 7.10. The van der Waals surface area contributed by atoms with Gasteiger partial charge >= 0.3 is 0 Å². The van der Waals surface area contributed by atoms with Crippen LogP contribution in [0.5, 0.6) is 0 Å². The minimum Gasteiger partial charge on any atom is -0.0622 e. The smallest absolute Gasteiger partial charge is 0.0272 e. The van der Waals surface area contributed by atoms with Crippen molar-refractivity contribution in [3.05, 3.63) is 193 Å². The normalized spacial score (nSPS) is 22.6. The van der Waals surface area contributed by atoms with E-state index < -0.39 is 0 Å². The monoisotopic (exact) mass is 740 g/mol. The summed E-state index contributed by atoms with van der Waals surface area (Å²) < 4.78 is 0. The predicted molar refractivity (Wildman–Crippen MR) is 244 cm³/mol. The Morgan fingerprint density at radius 1 is 0.293 bits per heavy atom. The average molecular weight is 741 g/mol. The van der Waals surface area contributed by atoms with Crippen LogP contribution in [-0.2, 0) is 5.41 Å². The zero-order valence-corrected chi connectivity index (χ0v) is 32.7. The Labute approximate surface area is 340 Å². The van der Waals surface area contributed by atoms with Gasteiger partial charge in [0.2, 0.25) is 0 Å². The molecule has 5 aliphatic carbocycles. The standard InChI is InChI=1S/C58H44/c1-2-12-38(13-3-1)39-22-24-40(25-23-39)56-49-17-6-8-19-51(49)57(52-20-9-7-18-50(52)56)53-29-28-44(45-14-4-5-15-46(45)53)41-26-27-48-47-16-10-11-21-54(47)58(55(48)35-41)42-31-36-30-37(33-42)34-43(58)32-36/h1-29,35-37,42-43H,30-34H2. The third-order valence-corrected chi connectivity index (χ3v) is 15.3. The van der Waals surface area contributed by atoms with E-state index in [-0.39, 0.29) is 5.41 Å². The van der Waals surface area contributed by atoms with Crippen molar-refractivity contribution in [1.82, 2.24) is 0 Å². The zero-order chi connectivity index (χ0) is 38.0. The highest BCUT2D eigenvalue weighted by Crippen LogP contribution is 2.69. The maximum absolute atomic E-state index is 2.65. The molecule has 4 bridgehead atoms. The molecule has 4 saturated carbocycles. The fourth-order valence-corrected chi connectivity index (χ4v) is 13.3. The summed E-state index contributed by atoms with van der Waals surface area (Å²) in [5.41, 5.74) is 16.7. The molecule has 0 radical (unpaired) electrons. The molecule has 9 aromatic rings. The first kappa shape index (κ1) is 32.8. The molecular formula is C58H44. The van der Waals surface area contributed by atoms with E-state index in [1.54, 1.807) is 11.1 Å². The molecule has 0 aliphatic heterocycles. The largest absolute Gasteiger partial charge is 0.0622 e. The van der Waals surface area contributed by atoms with Gasteiger partial charge in [0.05, 0.1) is 0 Å². The average Bonchev–Trinajstić information content (AvgIpc) is 3.57. The Bertz CT molecular complexity index is 3020. The summed E-state index contributed by atoms with van der Waals surface area (Å²) in [7, 11) is 0. The first-order chi connectivity index (χ1) is 28.7. The van der Waals surface area contributed by atoms with Gasteiger partial charge in [0.15, 0.2) is 0 Å². The van der Waals surface area contributed by atoms with Gasteiger partial charge in [0.25, 0.3) is 0 Å². The van der Waals surface area contributed by atoms with E-state index >= 15 is 0 Å². The van der Waals surface area contributed by atoms with Gasteiger partial charge in [-0.25, -0.2) is 0 Å². The molecule has 0 amide bonds. The van der Waals surface area contributed by atoms with Crippen molar-refractivity contribution in [3.8, 4) is 55.6 Å². The molecule has 14 rings (SSSR count). The number of fused-ring (bicyclic) bond motifs is 6. The van der Waals surface area contributed by atoms with Crippen molar-refractivity contribution >= 4 is 32.3 Å². The summed E-state index contributed by atoms with van der Waals surface area (Å²) >= 11 is 0. The molecular weight excluding hydrogens is 697 g/mol. The molecule has 0 nitrogen and oxygen atoms in total. The van der Waals surface area contributed by atoms with Gasteiger partial charge in [-0.1, -0.05) is 176 Å². The molecule has 5 aliphatic rings. The van der Waals surface area contributed by atoms with Crippen molar-refractivity contribution in [1.29, 1.82) is 0 Å². The molecule has 0 heteroatoms. The third-order valence-electron chi connectivity index (χ3n) is 15.3. The highest BCUT2D eigenvalue weighted by Gasteiger charge is 2.61. The quantitative estimate of drug-likeness (QED) is 0.158. The summed E-state index contributed by atoms with van der Waals surface area (Å²) in [5, 5.41) is 7.79. The number of hydrogen-bond acceptors (Lipinski definition) is 0. The van der Waals surface area contributed by atoms with Gasteiger partial charge in [-0.15, -0.1) is 0 Å². The van der Waals surface area contributed by atoms with Crippen LogP contribution in [-0.4, -0.2) is 0 Å². The van der Waals surface area contributed by atoms with Gasteiger partial charge in [0.1, 0.15) is 0 Å². The van der Waals surface area contributed by atoms with E-state index in [0.29, 0.717) is 0 Å². The van der Waals surface area contributed by atoms with E-state index in [1.165, 1.54) is 120 Å². The maximum Gasteiger partial charge on any atom is 0.0272 e. The molecule has 58 heavy (non-hydrogen) atoms. The predicted octanol–water partition coefficient (Wildman–Crippen LogP) is 15.5. The zero-order valence-electron chi connectivity index (χ0n) is 32.7. The molecule has 276 valence electrons. The second kappa shape index (κ2) is 12.4. The van der Waals surface area contributed by atoms with Gasteiger partial charge < -0.3 is 0 Å². The molecule has 0 unspecified atom stereocenters. The van der Waals surface area contributed by atoms with Gasteiger partial charge in [0, 0.05) is 5.41 Å². The van der Waals surface area contributed by atoms with Crippen LogP contribution in [0.15, 0.2) is 182 Å². The van der Waals surface area contributed by atoms with Crippen LogP contribution in [0.3, 0.4) is 0 Å². The maximum atomic E-state index is 2.65. The first-order valence-corrected chi connectivity index (χ1v) is 21.6. The Kier molecular flexibility index (Phi) is 7.00. The topological polar surface area (TPSA) is 0 Å². The van der Waals surface area contributed by atoms with Crippen LogP contribution in [0.2, 0.25) is 0 Å². The lowest BCUT2D eigenvalue weighted by atomic mass is 9.43. The summed E-state index contributed by atoms with van der Waals surface area (Å²) in [6.45, 7) is 0. The van der Waals surface area contributed by atoms with E-state index in [1.807, 2.05) is 0 Å². The highest BCUT2D eigenvalue weighted by molar-refractivity contribution is 6.24. The van der Waals surface area contributed by atoms with Crippen molar-refractivity contribution in [2.24, 2.45) is 23.7 Å². The molecule has 9 aromatic carbocycles. The lowest BCUT2D eigenvalue weighted by Crippen LogP contribution is -2.55. The molecule has 4 fully saturated rings.